The molecule has 0 aromatic carbocycles. The van der Waals surface area contributed by atoms with Gasteiger partial charge in [0.15, 0.2) is 0 Å². The zero-order valence-electron chi connectivity index (χ0n) is 33.7. The summed E-state index contributed by atoms with van der Waals surface area (Å²) in [4.78, 5) is 71.1. The van der Waals surface area contributed by atoms with E-state index in [2.05, 4.69) is 23.8 Å². The number of nitrogens with zero attached hydrogens (tertiary/aromatic N) is 2. The fraction of sp³-hybridized carbons (Fsp3) is 0.725. The number of esters is 1. The lowest BCUT2D eigenvalue weighted by Gasteiger charge is -2.43. The molecule has 7 atom stereocenters. The van der Waals surface area contributed by atoms with Crippen molar-refractivity contribution < 1.29 is 38.2 Å². The number of carbonyl (C=O) groups excluding carboxylic acids is 5. The van der Waals surface area contributed by atoms with Crippen molar-refractivity contribution in [3.8, 4) is 0 Å². The van der Waals surface area contributed by atoms with E-state index < -0.39 is 65.6 Å². The Morgan fingerprint density at radius 3 is 2.09 bits per heavy atom. The molecule has 2 rings (SSSR count). The lowest BCUT2D eigenvalue weighted by atomic mass is 9.80. The van der Waals surface area contributed by atoms with E-state index in [-0.39, 0.29) is 36.5 Å². The summed E-state index contributed by atoms with van der Waals surface area (Å²) in [5.74, 6) is -2.69. The number of likely N-dealkylation sites (tertiary alicyclic amines) is 1. The monoisotopic (exact) mass is 745 g/mol. The van der Waals surface area contributed by atoms with Crippen molar-refractivity contribution in [2.24, 2.45) is 23.5 Å². The average Bonchev–Trinajstić information content (AvgIpc) is 3.61. The Bertz CT molecular complexity index is 1300. The number of nitrogens with two attached hydrogens (primary N) is 1. The molecule has 1 aliphatic heterocycles. The molecule has 1 saturated carbocycles. The van der Waals surface area contributed by atoms with Crippen molar-refractivity contribution in [1.29, 1.82) is 0 Å². The maximum Gasteiger partial charge on any atom is 0.328 e. The Kier molecular flexibility index (Phi) is 18.4. The number of nitrogens with one attached hydrogen (secondary N) is 2. The number of allylic oxidation sites excluding steroid dienone is 3. The molecule has 1 heterocycles. The van der Waals surface area contributed by atoms with E-state index in [1.54, 1.807) is 63.0 Å². The Balaban J connectivity index is 2.34. The third-order valence-corrected chi connectivity index (χ3v) is 10.8. The molecule has 4 N–H and O–H groups in total. The SMILES string of the molecule is C=C/C=C(\C=C)C[C@H](NC(=O)[C@H](C)[C@@H](OC)[C@@H]1CCCN1C(=O)C[C@@H](OC)[C@H](C1CCCCC1)N(C)C(=O)[C@@H](NC(=O)C(C)(C)N)C(C)C)C(=O)OC. The van der Waals surface area contributed by atoms with Gasteiger partial charge in [-0.05, 0) is 56.9 Å². The van der Waals surface area contributed by atoms with Crippen LogP contribution < -0.4 is 16.4 Å². The normalized spacial score (nSPS) is 20.4. The van der Waals surface area contributed by atoms with E-state index in [4.69, 9.17) is 19.9 Å². The Labute approximate surface area is 317 Å². The summed E-state index contributed by atoms with van der Waals surface area (Å²) < 4.78 is 17.0. The molecule has 0 spiro atoms. The fourth-order valence-electron chi connectivity index (χ4n) is 7.72. The van der Waals surface area contributed by atoms with E-state index in [0.29, 0.717) is 18.5 Å². The quantitative estimate of drug-likeness (QED) is 0.124. The van der Waals surface area contributed by atoms with Crippen LogP contribution in [0.2, 0.25) is 0 Å². The van der Waals surface area contributed by atoms with Gasteiger partial charge in [0.1, 0.15) is 12.1 Å². The zero-order chi connectivity index (χ0) is 40.0. The molecule has 0 unspecified atom stereocenters. The summed E-state index contributed by atoms with van der Waals surface area (Å²) in [6, 6.07) is -2.59. The second kappa shape index (κ2) is 21.4. The van der Waals surface area contributed by atoms with Gasteiger partial charge in [0.25, 0.3) is 0 Å². The van der Waals surface area contributed by atoms with Crippen LogP contribution >= 0.6 is 0 Å². The highest BCUT2D eigenvalue weighted by Gasteiger charge is 2.44. The van der Waals surface area contributed by atoms with E-state index >= 15 is 0 Å². The summed E-state index contributed by atoms with van der Waals surface area (Å²) in [6.45, 7) is 16.6. The third-order valence-electron chi connectivity index (χ3n) is 10.8. The summed E-state index contributed by atoms with van der Waals surface area (Å²) >= 11 is 0. The van der Waals surface area contributed by atoms with Crippen molar-refractivity contribution in [1.82, 2.24) is 20.4 Å². The number of amides is 4. The van der Waals surface area contributed by atoms with Crippen LogP contribution in [0.3, 0.4) is 0 Å². The highest BCUT2D eigenvalue weighted by Crippen LogP contribution is 2.34. The fourth-order valence-corrected chi connectivity index (χ4v) is 7.72. The molecule has 13 heteroatoms. The molecular formula is C40H67N5O8. The molecule has 300 valence electrons. The van der Waals surface area contributed by atoms with E-state index in [9.17, 15) is 24.0 Å². The second-order valence-corrected chi connectivity index (χ2v) is 15.5. The first-order valence-corrected chi connectivity index (χ1v) is 19.0. The van der Waals surface area contributed by atoms with Crippen molar-refractivity contribution in [3.63, 3.8) is 0 Å². The maximum atomic E-state index is 14.3. The first-order valence-electron chi connectivity index (χ1n) is 19.0. The predicted octanol–water partition coefficient (Wildman–Crippen LogP) is 3.67. The lowest BCUT2D eigenvalue weighted by molar-refractivity contribution is -0.149. The highest BCUT2D eigenvalue weighted by atomic mass is 16.5. The molecule has 0 bridgehead atoms. The van der Waals surface area contributed by atoms with Gasteiger partial charge in [0.05, 0.1) is 49.3 Å². The number of carbonyl (C=O) groups is 5. The van der Waals surface area contributed by atoms with Crippen LogP contribution in [0.5, 0.6) is 0 Å². The summed E-state index contributed by atoms with van der Waals surface area (Å²) in [7, 11) is 6.08. The van der Waals surface area contributed by atoms with E-state index in [1.807, 2.05) is 13.8 Å². The topological polar surface area (TPSA) is 170 Å². The third kappa shape index (κ3) is 12.5. The van der Waals surface area contributed by atoms with Crippen LogP contribution in [-0.2, 0) is 38.2 Å². The number of rotatable bonds is 20. The number of likely N-dealkylation sites (N-methyl/N-ethyl adjacent to an activating group) is 1. The second-order valence-electron chi connectivity index (χ2n) is 15.5. The largest absolute Gasteiger partial charge is 0.467 e. The zero-order valence-corrected chi connectivity index (χ0v) is 33.7. The molecule has 13 nitrogen and oxygen atoms in total. The van der Waals surface area contributed by atoms with Gasteiger partial charge in [-0.15, -0.1) is 0 Å². The van der Waals surface area contributed by atoms with Gasteiger partial charge in [-0.25, -0.2) is 4.79 Å². The van der Waals surface area contributed by atoms with Crippen LogP contribution in [0.4, 0.5) is 0 Å². The summed E-state index contributed by atoms with van der Waals surface area (Å²) in [5, 5.41) is 5.68. The van der Waals surface area contributed by atoms with Crippen LogP contribution in [0.15, 0.2) is 37.0 Å². The van der Waals surface area contributed by atoms with Crippen molar-refractivity contribution >= 4 is 29.6 Å². The molecule has 2 aliphatic rings. The van der Waals surface area contributed by atoms with Crippen LogP contribution in [-0.4, -0.2) is 116 Å². The van der Waals surface area contributed by atoms with E-state index in [1.165, 1.54) is 14.2 Å². The molecule has 2 fully saturated rings. The molecule has 0 aromatic rings. The van der Waals surface area contributed by atoms with Gasteiger partial charge in [-0.3, -0.25) is 19.2 Å². The molecule has 53 heavy (non-hydrogen) atoms. The number of methoxy groups -OCH3 is 3. The van der Waals surface area contributed by atoms with E-state index in [0.717, 1.165) is 38.5 Å². The standard InChI is InChI=1S/C40H67N5O8/c1-12-18-27(13-2)23-29(38(49)53-11)42-36(47)26(5)35(52-10)30-21-17-22-45(30)32(46)24-31(51-9)34(28-19-15-14-16-20-28)44(8)37(48)33(25(3)4)43-39(50)40(6,7)41/h12-13,18,25-26,28-31,33-35H,1-2,14-17,19-24,41H2,3-11H3,(H,42,47)(H,43,50)/b27-18+/t26-,29+,30+,31-,33+,34+,35-/m1/s1. The summed E-state index contributed by atoms with van der Waals surface area (Å²) in [6.07, 6.45) is 10.0. The lowest BCUT2D eigenvalue weighted by Crippen LogP contribution is -2.61. The van der Waals surface area contributed by atoms with Gasteiger partial charge in [0, 0.05) is 34.2 Å². The van der Waals surface area contributed by atoms with Crippen molar-refractivity contribution in [3.05, 3.63) is 37.0 Å². The Morgan fingerprint density at radius 1 is 0.943 bits per heavy atom. The van der Waals surface area contributed by atoms with Gasteiger partial charge < -0.3 is 40.4 Å². The molecule has 1 saturated heterocycles. The van der Waals surface area contributed by atoms with Crippen LogP contribution in [0, 0.1) is 17.8 Å². The highest BCUT2D eigenvalue weighted by molar-refractivity contribution is 5.92. The minimum absolute atomic E-state index is 0.0156. The Hall–Kier alpha value is -3.55. The van der Waals surface area contributed by atoms with Gasteiger partial charge in [0.2, 0.25) is 23.6 Å². The molecule has 1 aliphatic carbocycles. The first kappa shape index (κ1) is 45.6. The summed E-state index contributed by atoms with van der Waals surface area (Å²) in [5.41, 5.74) is 5.60. The average molecular weight is 746 g/mol. The molecular weight excluding hydrogens is 678 g/mol. The van der Waals surface area contributed by atoms with Crippen LogP contribution in [0.25, 0.3) is 0 Å². The first-order chi connectivity index (χ1) is 25.0. The van der Waals surface area contributed by atoms with Crippen molar-refractivity contribution in [2.75, 3.05) is 34.9 Å². The number of hydrogen-bond acceptors (Lipinski definition) is 9. The molecule has 0 radical (unpaired) electrons. The maximum absolute atomic E-state index is 14.3. The minimum Gasteiger partial charge on any atom is -0.467 e. The minimum atomic E-state index is -1.17. The smallest absolute Gasteiger partial charge is 0.328 e. The number of hydrogen-bond donors (Lipinski definition) is 3. The molecule has 0 aromatic heterocycles. The van der Waals surface area contributed by atoms with Crippen molar-refractivity contribution in [2.45, 2.75) is 134 Å². The van der Waals surface area contributed by atoms with Gasteiger partial charge >= 0.3 is 5.97 Å². The number of ether oxygens (including phenoxy) is 3. The molecule has 4 amide bonds. The van der Waals surface area contributed by atoms with Crippen LogP contribution in [0.1, 0.15) is 92.4 Å². The predicted molar refractivity (Wildman–Crippen MR) is 205 cm³/mol. The van der Waals surface area contributed by atoms with Gasteiger partial charge in [-0.2, -0.15) is 0 Å². The van der Waals surface area contributed by atoms with Gasteiger partial charge in [-0.1, -0.05) is 71.4 Å². The Morgan fingerprint density at radius 2 is 1.58 bits per heavy atom.